The lowest BCUT2D eigenvalue weighted by molar-refractivity contribution is 0.0464. The fourth-order valence-electron chi connectivity index (χ4n) is 14.8. The van der Waals surface area contributed by atoms with Gasteiger partial charge in [0, 0.05) is 67.0 Å². The highest BCUT2D eigenvalue weighted by molar-refractivity contribution is 7.00. The summed E-state index contributed by atoms with van der Waals surface area (Å²) in [5.74, 6) is 0.498. The summed E-state index contributed by atoms with van der Waals surface area (Å²) < 4.78 is 14.2. The molecule has 16 aromatic rings. The van der Waals surface area contributed by atoms with Crippen molar-refractivity contribution in [3.8, 4) is 73.2 Å². The fraction of sp³-hybridized carbons (Fsp3) is 0.0220. The van der Waals surface area contributed by atoms with E-state index < -0.39 is 11.9 Å². The van der Waals surface area contributed by atoms with E-state index in [1.165, 1.54) is 16.4 Å². The van der Waals surface area contributed by atoms with Gasteiger partial charge in [0.25, 0.3) is 6.71 Å². The van der Waals surface area contributed by atoms with Crippen molar-refractivity contribution in [2.45, 2.75) is 13.2 Å². The van der Waals surface area contributed by atoms with Crippen LogP contribution in [0, 0.1) is 0 Å². The minimum absolute atomic E-state index is 0.0546. The van der Waals surface area contributed by atoms with Gasteiger partial charge in [0.05, 0.1) is 33.5 Å². The van der Waals surface area contributed by atoms with Gasteiger partial charge in [0.1, 0.15) is 13.2 Å². The summed E-state index contributed by atoms with van der Waals surface area (Å²) in [5.41, 5.74) is 23.6. The topological polar surface area (TPSA) is 103 Å². The van der Waals surface area contributed by atoms with Gasteiger partial charge in [-0.2, -0.15) is 0 Å². The van der Waals surface area contributed by atoms with Crippen LogP contribution in [-0.2, 0) is 22.7 Å². The molecule has 2 aliphatic rings. The molecule has 102 heavy (non-hydrogen) atoms. The second-order valence-electron chi connectivity index (χ2n) is 25.6. The van der Waals surface area contributed by atoms with Crippen LogP contribution in [0.5, 0.6) is 0 Å². The van der Waals surface area contributed by atoms with Crippen molar-refractivity contribution < 1.29 is 19.1 Å². The molecule has 0 atom stereocenters. The van der Waals surface area contributed by atoms with Gasteiger partial charge in [-0.25, -0.2) is 24.5 Å². The van der Waals surface area contributed by atoms with Crippen LogP contribution >= 0.6 is 0 Å². The van der Waals surface area contributed by atoms with Gasteiger partial charge < -0.3 is 23.8 Å². The van der Waals surface area contributed by atoms with Crippen LogP contribution in [0.1, 0.15) is 31.8 Å². The summed E-state index contributed by atoms with van der Waals surface area (Å²) in [4.78, 5) is 49.4. The Bertz CT molecular complexity index is 5720. The molecular weight excluding hydrogens is 1250 g/mol. The lowest BCUT2D eigenvalue weighted by Gasteiger charge is -2.45. The van der Waals surface area contributed by atoms with Crippen molar-refractivity contribution in [1.82, 2.24) is 19.5 Å². The quantitative estimate of drug-likeness (QED) is 0.0733. The number of benzene rings is 14. The molecule has 10 nitrogen and oxygen atoms in total. The maximum Gasteiger partial charge on any atom is 0.338 e. The number of carbonyl (C=O) groups is 2. The highest BCUT2D eigenvalue weighted by atomic mass is 16.5. The van der Waals surface area contributed by atoms with Crippen LogP contribution in [0.3, 0.4) is 0 Å². The normalized spacial score (nSPS) is 12.0. The van der Waals surface area contributed by atoms with E-state index in [1.807, 2.05) is 158 Å². The number of nitrogens with zero attached hydrogens (tertiary/aromatic N) is 6. The zero-order valence-corrected chi connectivity index (χ0v) is 55.2. The Labute approximate surface area is 590 Å². The number of rotatable bonds is 15. The van der Waals surface area contributed by atoms with Crippen molar-refractivity contribution in [3.63, 3.8) is 0 Å². The number of fused-ring (bicyclic) bond motifs is 7. The Hall–Kier alpha value is -13.5. The Balaban J connectivity index is 0.831. The molecule has 0 unspecified atom stereocenters. The minimum atomic E-state index is -0.483. The first-order valence-electron chi connectivity index (χ1n) is 34.2. The largest absolute Gasteiger partial charge is 0.457 e. The monoisotopic (exact) mass is 1310 g/mol. The van der Waals surface area contributed by atoms with Crippen LogP contribution in [0.4, 0.5) is 34.1 Å². The molecule has 0 saturated heterocycles. The molecule has 14 aromatic carbocycles. The van der Waals surface area contributed by atoms with Gasteiger partial charge in [-0.3, -0.25) is 0 Å². The van der Waals surface area contributed by atoms with Crippen molar-refractivity contribution in [1.29, 1.82) is 0 Å². The Kier molecular flexibility index (Phi) is 15.6. The molecule has 4 heterocycles. The zero-order valence-electron chi connectivity index (χ0n) is 55.2. The van der Waals surface area contributed by atoms with E-state index in [0.29, 0.717) is 44.9 Å². The number of aromatic nitrogens is 4. The molecule has 2 aliphatic heterocycles. The van der Waals surface area contributed by atoms with Gasteiger partial charge in [-0.15, -0.1) is 0 Å². The summed E-state index contributed by atoms with van der Waals surface area (Å²) in [6.45, 7) is 0.139. The summed E-state index contributed by atoms with van der Waals surface area (Å²) in [5, 5.41) is 1.43. The van der Waals surface area contributed by atoms with Crippen molar-refractivity contribution in [2.75, 3.05) is 9.80 Å². The molecule has 18 rings (SSSR count). The maximum atomic E-state index is 14.3. The van der Waals surface area contributed by atoms with E-state index >= 15 is 0 Å². The summed E-state index contributed by atoms with van der Waals surface area (Å²) in [7, 11) is 0. The highest BCUT2D eigenvalue weighted by Crippen LogP contribution is 2.49. The molecule has 0 saturated carbocycles. The van der Waals surface area contributed by atoms with Crippen LogP contribution in [0.15, 0.2) is 346 Å². The molecule has 0 amide bonds. The van der Waals surface area contributed by atoms with Gasteiger partial charge in [-0.1, -0.05) is 249 Å². The SMILES string of the molecule is O=C(OCc1ccccc1)c1ccc2c(c1)c1cc(C(=O)OCc3ccccc3)ccc1n2-c1c(-c2cccc(-c3cccc(-c4ccc5c6c4N(c4ccccc4)c4ccccc4B6c4ccccc4N5c4ccccc4)c3)c2)cccc1-c1nc(-c2ccccc2)nc(-c2ccccc2)n1. The van der Waals surface area contributed by atoms with Gasteiger partial charge in [0.15, 0.2) is 17.5 Å². The summed E-state index contributed by atoms with van der Waals surface area (Å²) in [6, 6.07) is 118. The number of para-hydroxylation sites is 5. The molecule has 0 aliphatic carbocycles. The molecule has 2 aromatic heterocycles. The summed E-state index contributed by atoms with van der Waals surface area (Å²) in [6.07, 6.45) is 0. The standard InChI is InChI=1S/C91H61BN6O4/c99-90(101-58-60-26-7-1-8-27-60)68-48-51-79-75(56-68)76-57-69(91(100)102-59-61-28-9-2-10-29-61)49-52-80(76)98(79)85-72(42-25-43-74(85)89-94-87(62-30-11-3-12-31-62)93-88(95-89)63-32-13-4-14-33-63)66-36-23-34-64(54-66)65-35-24-37-67(55-65)73-50-53-83-84-86(73)97(71-40-17-6-18-41-71)82-47-22-20-45-78(82)92(84)77-44-19-21-46-81(77)96(83)70-38-15-5-16-39-70/h1-57H,58-59H2. The first kappa shape index (κ1) is 60.9. The molecule has 482 valence electrons. The van der Waals surface area contributed by atoms with Crippen LogP contribution in [0.25, 0.3) is 95.0 Å². The Morgan fingerprint density at radius 1 is 0.314 bits per heavy atom. The Morgan fingerprint density at radius 3 is 1.24 bits per heavy atom. The highest BCUT2D eigenvalue weighted by Gasteiger charge is 2.44. The van der Waals surface area contributed by atoms with E-state index in [2.05, 4.69) is 202 Å². The number of anilines is 6. The van der Waals surface area contributed by atoms with Crippen LogP contribution < -0.4 is 26.2 Å². The first-order valence-corrected chi connectivity index (χ1v) is 34.2. The lowest BCUT2D eigenvalue weighted by Crippen LogP contribution is -2.61. The Morgan fingerprint density at radius 2 is 0.716 bits per heavy atom. The number of esters is 2. The van der Waals surface area contributed by atoms with Crippen LogP contribution in [-0.4, -0.2) is 38.2 Å². The van der Waals surface area contributed by atoms with E-state index in [1.54, 1.807) is 0 Å². The van der Waals surface area contributed by atoms with Crippen molar-refractivity contribution in [3.05, 3.63) is 368 Å². The molecule has 0 bridgehead atoms. The molecule has 0 radical (unpaired) electrons. The van der Waals surface area contributed by atoms with Crippen molar-refractivity contribution >= 4 is 91.0 Å². The van der Waals surface area contributed by atoms with E-state index in [-0.39, 0.29) is 19.9 Å². The average Bonchev–Trinajstić information content (AvgIpc) is 0.883. The maximum absolute atomic E-state index is 14.3. The predicted molar refractivity (Wildman–Crippen MR) is 412 cm³/mol. The average molecular weight is 1310 g/mol. The fourth-order valence-corrected chi connectivity index (χ4v) is 14.8. The van der Waals surface area contributed by atoms with Gasteiger partial charge >= 0.3 is 11.9 Å². The third kappa shape index (κ3) is 11.0. The molecule has 0 spiro atoms. The molecule has 0 N–H and O–H groups in total. The molecule has 0 fully saturated rings. The third-order valence-electron chi connectivity index (χ3n) is 19.5. The van der Waals surface area contributed by atoms with E-state index in [0.717, 1.165) is 106 Å². The van der Waals surface area contributed by atoms with E-state index in [4.69, 9.17) is 24.4 Å². The smallest absolute Gasteiger partial charge is 0.338 e. The molecule has 11 heteroatoms. The van der Waals surface area contributed by atoms with E-state index in [9.17, 15) is 9.59 Å². The lowest BCUT2D eigenvalue weighted by atomic mass is 9.33. The first-order chi connectivity index (χ1) is 50.4. The minimum Gasteiger partial charge on any atom is -0.457 e. The molecular formula is C91H61BN6O4. The van der Waals surface area contributed by atoms with Gasteiger partial charge in [0.2, 0.25) is 0 Å². The number of ether oxygens (including phenoxy) is 2. The predicted octanol–water partition coefficient (Wildman–Crippen LogP) is 19.8. The third-order valence-corrected chi connectivity index (χ3v) is 19.5. The number of hydrogen-bond donors (Lipinski definition) is 0. The second kappa shape index (κ2) is 26.1. The van der Waals surface area contributed by atoms with Crippen LogP contribution in [0.2, 0.25) is 0 Å². The number of hydrogen-bond acceptors (Lipinski definition) is 9. The number of carbonyl (C=O) groups excluding carboxylic acids is 2. The summed E-state index contributed by atoms with van der Waals surface area (Å²) >= 11 is 0. The van der Waals surface area contributed by atoms with Crippen molar-refractivity contribution in [2.24, 2.45) is 0 Å². The zero-order chi connectivity index (χ0) is 68.0. The second-order valence-corrected chi connectivity index (χ2v) is 25.6. The van der Waals surface area contributed by atoms with Gasteiger partial charge in [-0.05, 0) is 147 Å².